The zero-order valence-corrected chi connectivity index (χ0v) is 16.6. The van der Waals surface area contributed by atoms with Crippen LogP contribution in [0.1, 0.15) is 41.6 Å². The minimum Gasteiger partial charge on any atom is -0.495 e. The van der Waals surface area contributed by atoms with E-state index >= 15 is 0 Å². The van der Waals surface area contributed by atoms with Gasteiger partial charge in [-0.15, -0.1) is 0 Å². The summed E-state index contributed by atoms with van der Waals surface area (Å²) in [6, 6.07) is 8.29. The van der Waals surface area contributed by atoms with Gasteiger partial charge in [-0.1, -0.05) is 18.9 Å². The van der Waals surface area contributed by atoms with Crippen molar-refractivity contribution in [3.8, 4) is 5.75 Å². The van der Waals surface area contributed by atoms with Crippen LogP contribution < -0.4 is 14.8 Å². The summed E-state index contributed by atoms with van der Waals surface area (Å²) in [5, 5.41) is 2.59. The van der Waals surface area contributed by atoms with Crippen molar-refractivity contribution in [2.75, 3.05) is 12.4 Å². The second-order valence-electron chi connectivity index (χ2n) is 6.90. The molecule has 0 heterocycles. The van der Waals surface area contributed by atoms with Crippen LogP contribution in [0.2, 0.25) is 0 Å². The number of hydrogen-bond acceptors (Lipinski definition) is 4. The first-order valence-electron chi connectivity index (χ1n) is 9.08. The third-order valence-electron chi connectivity index (χ3n) is 4.77. The minimum absolute atomic E-state index is 0.121. The molecule has 6 nitrogen and oxygen atoms in total. The number of sulfonamides is 1. The van der Waals surface area contributed by atoms with Crippen LogP contribution in [0.25, 0.3) is 0 Å². The average molecular weight is 406 g/mol. The number of halogens is 1. The van der Waals surface area contributed by atoms with Gasteiger partial charge in [-0.3, -0.25) is 4.79 Å². The highest BCUT2D eigenvalue weighted by molar-refractivity contribution is 7.89. The Hall–Kier alpha value is -2.45. The van der Waals surface area contributed by atoms with E-state index in [0.29, 0.717) is 11.4 Å². The Morgan fingerprint density at radius 3 is 2.54 bits per heavy atom. The van der Waals surface area contributed by atoms with Crippen LogP contribution in [0.3, 0.4) is 0 Å². The van der Waals surface area contributed by atoms with Crippen LogP contribution >= 0.6 is 0 Å². The van der Waals surface area contributed by atoms with E-state index in [4.69, 9.17) is 4.74 Å². The van der Waals surface area contributed by atoms with Gasteiger partial charge in [0, 0.05) is 6.04 Å². The number of carbonyl (C=O) groups excluding carboxylic acids is 1. The van der Waals surface area contributed by atoms with E-state index in [9.17, 15) is 17.6 Å². The Kier molecular flexibility index (Phi) is 6.00. The smallest absolute Gasteiger partial charge is 0.258 e. The summed E-state index contributed by atoms with van der Waals surface area (Å²) < 4.78 is 47.3. The van der Waals surface area contributed by atoms with Crippen molar-refractivity contribution in [3.63, 3.8) is 0 Å². The Bertz CT molecular complexity index is 986. The molecule has 3 rings (SSSR count). The number of ether oxygens (including phenoxy) is 1. The van der Waals surface area contributed by atoms with Crippen molar-refractivity contribution in [3.05, 3.63) is 53.3 Å². The largest absolute Gasteiger partial charge is 0.495 e. The van der Waals surface area contributed by atoms with Gasteiger partial charge < -0.3 is 10.1 Å². The van der Waals surface area contributed by atoms with Crippen molar-refractivity contribution in [2.45, 2.75) is 43.5 Å². The van der Waals surface area contributed by atoms with Crippen LogP contribution in [-0.2, 0) is 10.0 Å². The molecule has 0 spiro atoms. The summed E-state index contributed by atoms with van der Waals surface area (Å²) >= 11 is 0. The van der Waals surface area contributed by atoms with Crippen LogP contribution in [0, 0.1) is 12.7 Å². The highest BCUT2D eigenvalue weighted by atomic mass is 32.2. The molecule has 1 fully saturated rings. The molecule has 0 atom stereocenters. The van der Waals surface area contributed by atoms with Gasteiger partial charge >= 0.3 is 0 Å². The highest BCUT2D eigenvalue weighted by Crippen LogP contribution is 2.27. The normalized spacial score (nSPS) is 14.8. The molecule has 1 amide bonds. The number of hydrogen-bond donors (Lipinski definition) is 2. The molecule has 150 valence electrons. The Labute approximate surface area is 164 Å². The summed E-state index contributed by atoms with van der Waals surface area (Å²) in [6.07, 6.45) is 3.51. The second kappa shape index (κ2) is 8.28. The van der Waals surface area contributed by atoms with Gasteiger partial charge in [0.05, 0.1) is 23.3 Å². The standard InChI is InChI=1S/C20H23FN2O4S/c1-13-7-10-19(27-2)18(11-13)22-20(24)16-12-15(8-9-17(16)21)28(25,26)23-14-5-3-4-6-14/h7-12,14,23H,3-6H2,1-2H3,(H,22,24). The molecular formula is C20H23FN2O4S. The summed E-state index contributed by atoms with van der Waals surface area (Å²) in [5.41, 5.74) is 0.913. The van der Waals surface area contributed by atoms with Crippen LogP contribution in [0.15, 0.2) is 41.3 Å². The van der Waals surface area contributed by atoms with Crippen molar-refractivity contribution in [1.29, 1.82) is 0 Å². The Morgan fingerprint density at radius 2 is 1.86 bits per heavy atom. The molecule has 1 aliphatic carbocycles. The van der Waals surface area contributed by atoms with Crippen molar-refractivity contribution in [2.24, 2.45) is 0 Å². The molecule has 2 aromatic rings. The van der Waals surface area contributed by atoms with E-state index in [-0.39, 0.29) is 16.5 Å². The van der Waals surface area contributed by atoms with Gasteiger partial charge in [-0.25, -0.2) is 17.5 Å². The summed E-state index contributed by atoms with van der Waals surface area (Å²) in [6.45, 7) is 1.84. The molecule has 0 bridgehead atoms. The highest BCUT2D eigenvalue weighted by Gasteiger charge is 2.25. The lowest BCUT2D eigenvalue weighted by Crippen LogP contribution is -2.32. The van der Waals surface area contributed by atoms with E-state index in [1.165, 1.54) is 7.11 Å². The summed E-state index contributed by atoms with van der Waals surface area (Å²) in [7, 11) is -2.37. The fourth-order valence-corrected chi connectivity index (χ4v) is 4.62. The average Bonchev–Trinajstić information content (AvgIpc) is 3.14. The maximum atomic E-state index is 14.3. The first kappa shape index (κ1) is 20.3. The molecule has 0 aliphatic heterocycles. The topological polar surface area (TPSA) is 84.5 Å². The molecule has 0 saturated heterocycles. The summed E-state index contributed by atoms with van der Waals surface area (Å²) in [4.78, 5) is 12.5. The van der Waals surface area contributed by atoms with Crippen molar-refractivity contribution in [1.82, 2.24) is 4.72 Å². The van der Waals surface area contributed by atoms with E-state index in [1.54, 1.807) is 12.1 Å². The van der Waals surface area contributed by atoms with E-state index in [0.717, 1.165) is 49.4 Å². The summed E-state index contributed by atoms with van der Waals surface area (Å²) in [5.74, 6) is -1.13. The van der Waals surface area contributed by atoms with Crippen molar-refractivity contribution < 1.29 is 22.3 Å². The lowest BCUT2D eigenvalue weighted by atomic mass is 10.1. The van der Waals surface area contributed by atoms with Crippen LogP contribution in [0.4, 0.5) is 10.1 Å². The third-order valence-corrected chi connectivity index (χ3v) is 6.29. The maximum Gasteiger partial charge on any atom is 0.258 e. The predicted molar refractivity (Wildman–Crippen MR) is 105 cm³/mol. The first-order chi connectivity index (χ1) is 13.3. The zero-order valence-electron chi connectivity index (χ0n) is 15.8. The molecule has 28 heavy (non-hydrogen) atoms. The molecule has 2 aromatic carbocycles. The lowest BCUT2D eigenvalue weighted by Gasteiger charge is -2.14. The fourth-order valence-electron chi connectivity index (χ4n) is 3.29. The number of nitrogens with one attached hydrogen (secondary N) is 2. The Balaban J connectivity index is 1.87. The van der Waals surface area contributed by atoms with Gasteiger partial charge in [0.15, 0.2) is 0 Å². The van der Waals surface area contributed by atoms with E-state index in [1.807, 2.05) is 13.0 Å². The quantitative estimate of drug-likeness (QED) is 0.767. The zero-order chi connectivity index (χ0) is 20.3. The maximum absolute atomic E-state index is 14.3. The molecule has 1 aliphatic rings. The monoisotopic (exact) mass is 406 g/mol. The number of benzene rings is 2. The second-order valence-corrected chi connectivity index (χ2v) is 8.62. The molecule has 1 saturated carbocycles. The van der Waals surface area contributed by atoms with Crippen LogP contribution in [0.5, 0.6) is 5.75 Å². The number of rotatable bonds is 6. The first-order valence-corrected chi connectivity index (χ1v) is 10.6. The van der Waals surface area contributed by atoms with Gasteiger partial charge in [0.1, 0.15) is 11.6 Å². The van der Waals surface area contributed by atoms with E-state index < -0.39 is 21.7 Å². The Morgan fingerprint density at radius 1 is 1.14 bits per heavy atom. The predicted octanol–water partition coefficient (Wildman–Crippen LogP) is 3.62. The number of methoxy groups -OCH3 is 1. The van der Waals surface area contributed by atoms with Gasteiger partial charge in [0.25, 0.3) is 5.91 Å². The number of anilines is 1. The molecule has 0 unspecified atom stereocenters. The fraction of sp³-hybridized carbons (Fsp3) is 0.350. The molecule has 2 N–H and O–H groups in total. The number of carbonyl (C=O) groups is 1. The minimum atomic E-state index is -3.83. The molecular weight excluding hydrogens is 383 g/mol. The molecule has 0 aromatic heterocycles. The van der Waals surface area contributed by atoms with Crippen LogP contribution in [-0.4, -0.2) is 27.5 Å². The lowest BCUT2D eigenvalue weighted by molar-refractivity contribution is 0.102. The third kappa shape index (κ3) is 4.51. The SMILES string of the molecule is COc1ccc(C)cc1NC(=O)c1cc(S(=O)(=O)NC2CCCC2)ccc1F. The number of aryl methyl sites for hydroxylation is 1. The number of amides is 1. The molecule has 0 radical (unpaired) electrons. The van der Waals surface area contributed by atoms with Gasteiger partial charge in [-0.05, 0) is 55.7 Å². The van der Waals surface area contributed by atoms with E-state index in [2.05, 4.69) is 10.0 Å². The van der Waals surface area contributed by atoms with Gasteiger partial charge in [0.2, 0.25) is 10.0 Å². The van der Waals surface area contributed by atoms with Crippen molar-refractivity contribution >= 4 is 21.6 Å². The van der Waals surface area contributed by atoms with Gasteiger partial charge in [-0.2, -0.15) is 0 Å². The molecule has 8 heteroatoms.